The number of rotatable bonds is 6. The van der Waals surface area contributed by atoms with Crippen molar-refractivity contribution in [2.45, 2.75) is 22.5 Å². The molecule has 0 heterocycles. The van der Waals surface area contributed by atoms with Gasteiger partial charge in [-0.15, -0.1) is 0 Å². The molecule has 0 aromatic heterocycles. The van der Waals surface area contributed by atoms with Crippen LogP contribution in [-0.4, -0.2) is 19.1 Å². The van der Waals surface area contributed by atoms with Crippen LogP contribution in [0.4, 0.5) is 20.2 Å². The van der Waals surface area contributed by atoms with Crippen LogP contribution in [0, 0.1) is 17.0 Å². The molecule has 0 amide bonds. The number of nitro groups is 1. The molecule has 0 aliphatic rings. The summed E-state index contributed by atoms with van der Waals surface area (Å²) < 4.78 is 51.3. The second kappa shape index (κ2) is 7.14. The third-order valence-corrected chi connectivity index (χ3v) is 5.12. The third-order valence-electron chi connectivity index (χ3n) is 3.02. The standard InChI is InChI=1S/C14H12F2N2O4S2/c1-9-2-7-12(8-13(9)18(19)20)24(21,22)17-10-3-5-11(6-4-10)23-14(15)16/h2-8,14,17H,1H3. The maximum Gasteiger partial charge on any atom is 0.288 e. The van der Waals surface area contributed by atoms with E-state index < -0.39 is 20.7 Å². The number of halogens is 2. The topological polar surface area (TPSA) is 89.3 Å². The summed E-state index contributed by atoms with van der Waals surface area (Å²) in [6.07, 6.45) is 0. The molecule has 0 radical (unpaired) electrons. The quantitative estimate of drug-likeness (QED) is 0.469. The maximum absolute atomic E-state index is 12.3. The number of nitro benzene ring substituents is 1. The minimum absolute atomic E-state index is 0.164. The summed E-state index contributed by atoms with van der Waals surface area (Å²) in [7, 11) is -4.03. The Labute approximate surface area is 141 Å². The van der Waals surface area contributed by atoms with Crippen LogP contribution in [0.5, 0.6) is 0 Å². The normalized spacial score (nSPS) is 11.5. The lowest BCUT2D eigenvalue weighted by molar-refractivity contribution is -0.385. The van der Waals surface area contributed by atoms with Crippen molar-refractivity contribution < 1.29 is 22.1 Å². The summed E-state index contributed by atoms with van der Waals surface area (Å²) in [5.41, 5.74) is 0.200. The van der Waals surface area contributed by atoms with E-state index in [4.69, 9.17) is 0 Å². The molecule has 0 saturated heterocycles. The van der Waals surface area contributed by atoms with E-state index in [2.05, 4.69) is 4.72 Å². The van der Waals surface area contributed by atoms with Crippen LogP contribution in [0.2, 0.25) is 0 Å². The molecule has 1 N–H and O–H groups in total. The molecule has 128 valence electrons. The molecular formula is C14H12F2N2O4S2. The molecule has 10 heteroatoms. The van der Waals surface area contributed by atoms with Crippen molar-refractivity contribution in [2.24, 2.45) is 0 Å². The molecule has 2 aromatic carbocycles. The Morgan fingerprint density at radius 3 is 2.33 bits per heavy atom. The van der Waals surface area contributed by atoms with Gasteiger partial charge in [-0.3, -0.25) is 14.8 Å². The van der Waals surface area contributed by atoms with Crippen LogP contribution in [0.25, 0.3) is 0 Å². The van der Waals surface area contributed by atoms with Gasteiger partial charge in [0.05, 0.1) is 9.82 Å². The van der Waals surface area contributed by atoms with Crippen LogP contribution in [-0.2, 0) is 10.0 Å². The van der Waals surface area contributed by atoms with Crippen molar-refractivity contribution in [1.29, 1.82) is 0 Å². The first-order chi connectivity index (χ1) is 11.2. The van der Waals surface area contributed by atoms with Crippen LogP contribution in [0.3, 0.4) is 0 Å². The lowest BCUT2D eigenvalue weighted by Crippen LogP contribution is -2.13. The van der Waals surface area contributed by atoms with Crippen LogP contribution < -0.4 is 4.72 Å². The summed E-state index contributed by atoms with van der Waals surface area (Å²) in [5.74, 6) is -2.57. The number of hydrogen-bond acceptors (Lipinski definition) is 5. The van der Waals surface area contributed by atoms with Crippen molar-refractivity contribution in [3.63, 3.8) is 0 Å². The van der Waals surface area contributed by atoms with Crippen LogP contribution >= 0.6 is 11.8 Å². The van der Waals surface area contributed by atoms with Gasteiger partial charge in [-0.1, -0.05) is 17.8 Å². The van der Waals surface area contributed by atoms with Gasteiger partial charge < -0.3 is 0 Å². The largest absolute Gasteiger partial charge is 0.288 e. The first-order valence-electron chi connectivity index (χ1n) is 6.52. The second-order valence-electron chi connectivity index (χ2n) is 4.71. The van der Waals surface area contributed by atoms with E-state index >= 15 is 0 Å². The zero-order valence-corrected chi connectivity index (χ0v) is 13.9. The molecule has 0 saturated carbocycles. The predicted molar refractivity (Wildman–Crippen MR) is 86.9 cm³/mol. The fourth-order valence-corrected chi connectivity index (χ4v) is 3.45. The smallest absolute Gasteiger partial charge is 0.280 e. The van der Waals surface area contributed by atoms with E-state index in [-0.39, 0.29) is 16.3 Å². The number of benzene rings is 2. The average molecular weight is 374 g/mol. The fourth-order valence-electron chi connectivity index (χ4n) is 1.87. The Morgan fingerprint density at radius 1 is 1.17 bits per heavy atom. The molecule has 0 bridgehead atoms. The number of aryl methyl sites for hydroxylation is 1. The van der Waals surface area contributed by atoms with E-state index in [0.717, 1.165) is 6.07 Å². The highest BCUT2D eigenvalue weighted by Crippen LogP contribution is 2.27. The summed E-state index contributed by atoms with van der Waals surface area (Å²) >= 11 is 0.343. The highest BCUT2D eigenvalue weighted by Gasteiger charge is 2.20. The van der Waals surface area contributed by atoms with E-state index in [0.29, 0.717) is 22.2 Å². The van der Waals surface area contributed by atoms with Crippen molar-refractivity contribution in [1.82, 2.24) is 0 Å². The van der Waals surface area contributed by atoms with Gasteiger partial charge in [0.1, 0.15) is 0 Å². The number of nitrogens with zero attached hydrogens (tertiary/aromatic N) is 1. The van der Waals surface area contributed by atoms with Gasteiger partial charge in [0.15, 0.2) is 0 Å². The second-order valence-corrected chi connectivity index (χ2v) is 7.46. The Balaban J connectivity index is 2.25. The maximum atomic E-state index is 12.3. The third kappa shape index (κ3) is 4.42. The molecule has 0 aliphatic carbocycles. The molecule has 0 atom stereocenters. The predicted octanol–water partition coefficient (Wildman–Crippen LogP) is 4.02. The molecule has 6 nitrogen and oxygen atoms in total. The molecule has 0 fully saturated rings. The summed E-state index contributed by atoms with van der Waals surface area (Å²) in [4.78, 5) is 10.3. The van der Waals surface area contributed by atoms with E-state index in [1.807, 2.05) is 0 Å². The van der Waals surface area contributed by atoms with Crippen molar-refractivity contribution in [3.8, 4) is 0 Å². The number of nitrogens with one attached hydrogen (secondary N) is 1. The van der Waals surface area contributed by atoms with Gasteiger partial charge in [0, 0.05) is 22.2 Å². The molecule has 0 unspecified atom stereocenters. The SMILES string of the molecule is Cc1ccc(S(=O)(=O)Nc2ccc(SC(F)F)cc2)cc1[N+](=O)[O-]. The van der Waals surface area contributed by atoms with Crippen molar-refractivity contribution in [3.05, 3.63) is 58.1 Å². The Bertz CT molecular complexity index is 856. The molecule has 2 rings (SSSR count). The minimum Gasteiger partial charge on any atom is -0.280 e. The van der Waals surface area contributed by atoms with Crippen molar-refractivity contribution in [2.75, 3.05) is 4.72 Å². The Hall–Kier alpha value is -2.20. The summed E-state index contributed by atoms with van der Waals surface area (Å²) in [5, 5.41) is 10.9. The molecule has 0 spiro atoms. The van der Waals surface area contributed by atoms with Gasteiger partial charge in [-0.25, -0.2) is 8.42 Å². The summed E-state index contributed by atoms with van der Waals surface area (Å²) in [6, 6.07) is 8.95. The van der Waals surface area contributed by atoms with Gasteiger partial charge in [0.25, 0.3) is 21.5 Å². The number of hydrogen-bond donors (Lipinski definition) is 1. The highest BCUT2D eigenvalue weighted by molar-refractivity contribution is 7.99. The van der Waals surface area contributed by atoms with Crippen molar-refractivity contribution >= 4 is 33.2 Å². The van der Waals surface area contributed by atoms with Gasteiger partial charge in [-0.2, -0.15) is 8.78 Å². The lowest BCUT2D eigenvalue weighted by atomic mass is 10.2. The zero-order valence-electron chi connectivity index (χ0n) is 12.3. The van der Waals surface area contributed by atoms with Gasteiger partial charge >= 0.3 is 0 Å². The van der Waals surface area contributed by atoms with E-state index in [1.165, 1.54) is 43.3 Å². The van der Waals surface area contributed by atoms with E-state index in [1.54, 1.807) is 0 Å². The average Bonchev–Trinajstić information content (AvgIpc) is 2.48. The zero-order chi connectivity index (χ0) is 17.9. The van der Waals surface area contributed by atoms with Gasteiger partial charge in [0.2, 0.25) is 0 Å². The molecule has 0 aliphatic heterocycles. The Kier molecular flexibility index (Phi) is 5.40. The molecular weight excluding hydrogens is 362 g/mol. The summed E-state index contributed by atoms with van der Waals surface area (Å²) in [6.45, 7) is 1.50. The number of thioether (sulfide) groups is 1. The number of alkyl halides is 2. The highest BCUT2D eigenvalue weighted by atomic mass is 32.2. The lowest BCUT2D eigenvalue weighted by Gasteiger charge is -2.09. The molecule has 24 heavy (non-hydrogen) atoms. The molecule has 2 aromatic rings. The monoisotopic (exact) mass is 374 g/mol. The van der Waals surface area contributed by atoms with Gasteiger partial charge in [-0.05, 0) is 37.3 Å². The fraction of sp³-hybridized carbons (Fsp3) is 0.143. The van der Waals surface area contributed by atoms with Crippen LogP contribution in [0.1, 0.15) is 5.56 Å². The number of anilines is 1. The Morgan fingerprint density at radius 2 is 1.79 bits per heavy atom. The minimum atomic E-state index is -4.03. The van der Waals surface area contributed by atoms with E-state index in [9.17, 15) is 27.3 Å². The first-order valence-corrected chi connectivity index (χ1v) is 8.88. The first kappa shape index (κ1) is 18.1. The number of sulfonamides is 1. The van der Waals surface area contributed by atoms with Crippen LogP contribution in [0.15, 0.2) is 52.3 Å².